The predicted molar refractivity (Wildman–Crippen MR) is 76.8 cm³/mol. The normalized spacial score (nSPS) is 13.6. The molecule has 19 heavy (non-hydrogen) atoms. The van der Waals surface area contributed by atoms with Crippen molar-refractivity contribution in [2.24, 2.45) is 11.7 Å². The summed E-state index contributed by atoms with van der Waals surface area (Å²) in [4.78, 5) is 1.03. The molecule has 106 valence electrons. The highest BCUT2D eigenvalue weighted by Gasteiger charge is 2.42. The second-order valence-corrected chi connectivity index (χ2v) is 5.61. The number of hydrogen-bond donors (Lipinski definition) is 1. The van der Waals surface area contributed by atoms with Gasteiger partial charge in [0.2, 0.25) is 0 Å². The first kappa shape index (κ1) is 16.4. The summed E-state index contributed by atoms with van der Waals surface area (Å²) in [5.74, 6) is -1.78. The van der Waals surface area contributed by atoms with Crippen molar-refractivity contribution >= 4 is 33.1 Å². The third kappa shape index (κ3) is 5.08. The Morgan fingerprint density at radius 1 is 1.42 bits per heavy atom. The molecular weight excluding hydrogens is 341 g/mol. The van der Waals surface area contributed by atoms with Gasteiger partial charge in [-0.1, -0.05) is 46.3 Å². The second-order valence-electron chi connectivity index (χ2n) is 4.28. The van der Waals surface area contributed by atoms with E-state index in [0.717, 1.165) is 10.0 Å². The lowest BCUT2D eigenvalue weighted by molar-refractivity contribution is -0.158. The zero-order valence-electron chi connectivity index (χ0n) is 10.2. The standard InChI is InChI=1S/C12H14BrF3N2S/c1-18(6-8-4-2-3-5-10(8)13)7-9(11(17)19)12(14,15)16/h2-5,9H,6-7H2,1H3,(H2,17,19). The molecule has 0 aliphatic heterocycles. The lowest BCUT2D eigenvalue weighted by atomic mass is 10.1. The number of halogens is 4. The number of alkyl halides is 3. The third-order valence-corrected chi connectivity index (χ3v) is 3.69. The van der Waals surface area contributed by atoms with Crippen LogP contribution in [0.5, 0.6) is 0 Å². The molecule has 0 aliphatic rings. The molecule has 2 nitrogen and oxygen atoms in total. The van der Waals surface area contributed by atoms with E-state index >= 15 is 0 Å². The fraction of sp³-hybridized carbons (Fsp3) is 0.417. The molecule has 0 amide bonds. The topological polar surface area (TPSA) is 29.3 Å². The van der Waals surface area contributed by atoms with Crippen LogP contribution in [0.4, 0.5) is 13.2 Å². The minimum atomic E-state index is -4.41. The molecule has 0 heterocycles. The van der Waals surface area contributed by atoms with E-state index in [1.807, 2.05) is 24.3 Å². The number of benzene rings is 1. The van der Waals surface area contributed by atoms with Gasteiger partial charge in [0.1, 0.15) is 5.92 Å². The Bertz CT molecular complexity index is 451. The summed E-state index contributed by atoms with van der Waals surface area (Å²) in [6, 6.07) is 7.38. The lowest BCUT2D eigenvalue weighted by Crippen LogP contribution is -2.42. The van der Waals surface area contributed by atoms with Crippen LogP contribution >= 0.6 is 28.1 Å². The summed E-state index contributed by atoms with van der Waals surface area (Å²) >= 11 is 7.86. The van der Waals surface area contributed by atoms with Gasteiger partial charge in [-0.25, -0.2) is 0 Å². The van der Waals surface area contributed by atoms with E-state index in [2.05, 4.69) is 28.1 Å². The van der Waals surface area contributed by atoms with E-state index in [9.17, 15) is 13.2 Å². The maximum atomic E-state index is 12.7. The maximum Gasteiger partial charge on any atom is 0.399 e. The molecule has 1 rings (SSSR count). The van der Waals surface area contributed by atoms with Crippen molar-refractivity contribution in [3.05, 3.63) is 34.3 Å². The van der Waals surface area contributed by atoms with Crippen molar-refractivity contribution in [1.82, 2.24) is 4.90 Å². The highest BCUT2D eigenvalue weighted by Crippen LogP contribution is 2.28. The average molecular weight is 355 g/mol. The van der Waals surface area contributed by atoms with Crippen molar-refractivity contribution in [3.63, 3.8) is 0 Å². The molecule has 2 N–H and O–H groups in total. The van der Waals surface area contributed by atoms with Gasteiger partial charge in [-0.2, -0.15) is 13.2 Å². The summed E-state index contributed by atoms with van der Waals surface area (Å²) in [5.41, 5.74) is 6.08. The summed E-state index contributed by atoms with van der Waals surface area (Å²) in [5, 5.41) is 0. The Labute approximate surface area is 123 Å². The number of nitrogens with zero attached hydrogens (tertiary/aromatic N) is 1. The van der Waals surface area contributed by atoms with E-state index in [1.54, 1.807) is 11.9 Å². The summed E-state index contributed by atoms with van der Waals surface area (Å²) in [6.07, 6.45) is -4.41. The molecule has 0 saturated carbocycles. The Morgan fingerprint density at radius 3 is 2.47 bits per heavy atom. The molecule has 1 aromatic rings. The van der Waals surface area contributed by atoms with Crippen LogP contribution in [0.25, 0.3) is 0 Å². The van der Waals surface area contributed by atoms with Crippen LogP contribution in [-0.4, -0.2) is 29.7 Å². The van der Waals surface area contributed by atoms with Crippen molar-refractivity contribution < 1.29 is 13.2 Å². The molecule has 1 aromatic carbocycles. The van der Waals surface area contributed by atoms with Crippen LogP contribution in [0.15, 0.2) is 28.7 Å². The molecule has 0 saturated heterocycles. The van der Waals surface area contributed by atoms with Crippen LogP contribution in [0.3, 0.4) is 0 Å². The first-order valence-electron chi connectivity index (χ1n) is 5.49. The van der Waals surface area contributed by atoms with E-state index in [-0.39, 0.29) is 6.54 Å². The van der Waals surface area contributed by atoms with Crippen LogP contribution in [0.1, 0.15) is 5.56 Å². The number of rotatable bonds is 5. The molecule has 0 fully saturated rings. The molecule has 1 atom stereocenters. The van der Waals surface area contributed by atoms with Gasteiger partial charge in [0.05, 0.1) is 4.99 Å². The van der Waals surface area contributed by atoms with E-state index in [0.29, 0.717) is 6.54 Å². The lowest BCUT2D eigenvalue weighted by Gasteiger charge is -2.25. The summed E-state index contributed by atoms with van der Waals surface area (Å²) in [7, 11) is 1.61. The van der Waals surface area contributed by atoms with Gasteiger partial charge >= 0.3 is 6.18 Å². The van der Waals surface area contributed by atoms with Gasteiger partial charge in [-0.15, -0.1) is 0 Å². The van der Waals surface area contributed by atoms with Crippen LogP contribution in [0.2, 0.25) is 0 Å². The van der Waals surface area contributed by atoms with E-state index in [4.69, 9.17) is 5.73 Å². The Morgan fingerprint density at radius 2 is 2.00 bits per heavy atom. The van der Waals surface area contributed by atoms with E-state index in [1.165, 1.54) is 0 Å². The maximum absolute atomic E-state index is 12.7. The Hall–Kier alpha value is -0.660. The van der Waals surface area contributed by atoms with Crippen molar-refractivity contribution in [2.75, 3.05) is 13.6 Å². The van der Waals surface area contributed by atoms with E-state index < -0.39 is 17.1 Å². The predicted octanol–water partition coefficient (Wildman–Crippen LogP) is 3.35. The molecule has 7 heteroatoms. The minimum absolute atomic E-state index is 0.250. The minimum Gasteiger partial charge on any atom is -0.393 e. The molecule has 1 unspecified atom stereocenters. The molecule has 0 aliphatic carbocycles. The molecule has 0 spiro atoms. The number of hydrogen-bond acceptors (Lipinski definition) is 2. The third-order valence-electron chi connectivity index (χ3n) is 2.63. The van der Waals surface area contributed by atoms with Crippen molar-refractivity contribution in [2.45, 2.75) is 12.7 Å². The van der Waals surface area contributed by atoms with Crippen LogP contribution < -0.4 is 5.73 Å². The summed E-state index contributed by atoms with van der Waals surface area (Å²) in [6.45, 7) is 0.136. The molecule has 0 aromatic heterocycles. The van der Waals surface area contributed by atoms with Gasteiger partial charge in [0.25, 0.3) is 0 Å². The van der Waals surface area contributed by atoms with Gasteiger partial charge in [-0.3, -0.25) is 0 Å². The molecule has 0 bridgehead atoms. The van der Waals surface area contributed by atoms with Gasteiger partial charge in [-0.05, 0) is 18.7 Å². The van der Waals surface area contributed by atoms with Crippen LogP contribution in [0, 0.1) is 5.92 Å². The first-order chi connectivity index (χ1) is 8.71. The zero-order valence-corrected chi connectivity index (χ0v) is 12.6. The van der Waals surface area contributed by atoms with Gasteiger partial charge < -0.3 is 10.6 Å². The van der Waals surface area contributed by atoms with Crippen molar-refractivity contribution in [1.29, 1.82) is 0 Å². The highest BCUT2D eigenvalue weighted by molar-refractivity contribution is 9.10. The summed E-state index contributed by atoms with van der Waals surface area (Å²) < 4.78 is 39.1. The number of nitrogens with two attached hydrogens (primary N) is 1. The zero-order chi connectivity index (χ0) is 14.6. The second kappa shape index (κ2) is 6.67. The monoisotopic (exact) mass is 354 g/mol. The SMILES string of the molecule is CN(Cc1ccccc1Br)CC(C(N)=S)C(F)(F)F. The Balaban J connectivity index is 2.71. The van der Waals surface area contributed by atoms with Crippen molar-refractivity contribution in [3.8, 4) is 0 Å². The smallest absolute Gasteiger partial charge is 0.393 e. The van der Waals surface area contributed by atoms with Gasteiger partial charge in [0.15, 0.2) is 0 Å². The highest BCUT2D eigenvalue weighted by atomic mass is 79.9. The fourth-order valence-electron chi connectivity index (χ4n) is 1.65. The molecular formula is C12H14BrF3N2S. The van der Waals surface area contributed by atoms with Crippen LogP contribution in [-0.2, 0) is 6.54 Å². The van der Waals surface area contributed by atoms with Gasteiger partial charge in [0, 0.05) is 17.6 Å². The average Bonchev–Trinajstić information content (AvgIpc) is 2.27. The quantitative estimate of drug-likeness (QED) is 0.822. The Kier molecular flexibility index (Phi) is 5.76. The fourth-order valence-corrected chi connectivity index (χ4v) is 2.27. The largest absolute Gasteiger partial charge is 0.399 e. The molecule has 0 radical (unpaired) electrons. The number of thiocarbonyl (C=S) groups is 1. The first-order valence-corrected chi connectivity index (χ1v) is 6.70.